The summed E-state index contributed by atoms with van der Waals surface area (Å²) in [7, 11) is 0. The van der Waals surface area contributed by atoms with E-state index in [1.165, 1.54) is 11.1 Å². The molecule has 2 rings (SSSR count). The maximum atomic E-state index is 12.6. The number of ketones is 1. The summed E-state index contributed by atoms with van der Waals surface area (Å²) in [5.74, 6) is 0.313. The predicted molar refractivity (Wildman–Crippen MR) is 81.2 cm³/mol. The van der Waals surface area contributed by atoms with E-state index in [2.05, 4.69) is 38.1 Å². The van der Waals surface area contributed by atoms with E-state index >= 15 is 0 Å². The first-order chi connectivity index (χ1) is 9.24. The lowest BCUT2D eigenvalue weighted by Crippen LogP contribution is -2.37. The molecule has 0 atom stereocenters. The van der Waals surface area contributed by atoms with Gasteiger partial charge in [-0.2, -0.15) is 0 Å². The third-order valence-electron chi connectivity index (χ3n) is 4.28. The monoisotopic (exact) mass is 256 g/mol. The van der Waals surface area contributed by atoms with E-state index in [1.54, 1.807) is 6.08 Å². The largest absolute Gasteiger partial charge is 0.294 e. The maximum Gasteiger partial charge on any atom is 0.166 e. The summed E-state index contributed by atoms with van der Waals surface area (Å²) in [4.78, 5) is 12.6. The molecule has 0 spiro atoms. The van der Waals surface area contributed by atoms with Crippen molar-refractivity contribution in [3.8, 4) is 0 Å². The number of benzene rings is 1. The normalized spacial score (nSPS) is 16.4. The third-order valence-corrected chi connectivity index (χ3v) is 4.28. The van der Waals surface area contributed by atoms with Crippen LogP contribution in [0.5, 0.6) is 0 Å². The zero-order valence-electron chi connectivity index (χ0n) is 12.1. The highest BCUT2D eigenvalue weighted by Gasteiger charge is 2.40. The average molecular weight is 256 g/mol. The first kappa shape index (κ1) is 14.0. The number of unbranched alkanes of at least 4 members (excludes halogenated alkanes) is 2. The van der Waals surface area contributed by atoms with Crippen molar-refractivity contribution >= 4 is 11.9 Å². The van der Waals surface area contributed by atoms with Crippen LogP contribution in [0.25, 0.3) is 6.08 Å². The number of carbonyl (C=O) groups excluding carboxylic acids is 1. The highest BCUT2D eigenvalue weighted by atomic mass is 16.1. The van der Waals surface area contributed by atoms with E-state index in [1.807, 2.05) is 6.08 Å². The van der Waals surface area contributed by atoms with Crippen LogP contribution in [0.15, 0.2) is 30.3 Å². The van der Waals surface area contributed by atoms with Gasteiger partial charge in [0.15, 0.2) is 5.78 Å². The van der Waals surface area contributed by atoms with Crippen molar-refractivity contribution in [1.29, 1.82) is 0 Å². The summed E-state index contributed by atoms with van der Waals surface area (Å²) in [6.45, 7) is 4.39. The van der Waals surface area contributed by atoms with E-state index in [0.29, 0.717) is 5.78 Å². The molecule has 0 amide bonds. The minimum Gasteiger partial charge on any atom is -0.294 e. The molecule has 0 aliphatic heterocycles. The Labute approximate surface area is 116 Å². The van der Waals surface area contributed by atoms with Gasteiger partial charge >= 0.3 is 0 Å². The van der Waals surface area contributed by atoms with Crippen molar-refractivity contribution in [1.82, 2.24) is 0 Å². The van der Waals surface area contributed by atoms with Crippen LogP contribution in [0, 0.1) is 0 Å². The lowest BCUT2D eigenvalue weighted by atomic mass is 9.66. The molecule has 0 bridgehead atoms. The van der Waals surface area contributed by atoms with Gasteiger partial charge in [0.25, 0.3) is 0 Å². The number of fused-ring (bicyclic) bond motifs is 1. The standard InChI is InChI=1S/C18H24O/c1-3-5-13-18(14-6-4-2)16-10-8-7-9-15(16)11-12-17(18)19/h7-12H,3-6,13-14H2,1-2H3. The second-order valence-electron chi connectivity index (χ2n) is 5.57. The number of rotatable bonds is 6. The molecule has 1 aliphatic carbocycles. The Kier molecular flexibility index (Phi) is 4.57. The van der Waals surface area contributed by atoms with Gasteiger partial charge in [-0.3, -0.25) is 4.79 Å². The fraction of sp³-hybridized carbons (Fsp3) is 0.500. The molecule has 102 valence electrons. The van der Waals surface area contributed by atoms with Gasteiger partial charge < -0.3 is 0 Å². The second kappa shape index (κ2) is 6.18. The van der Waals surface area contributed by atoms with Crippen molar-refractivity contribution in [2.75, 3.05) is 0 Å². The molecule has 0 fully saturated rings. The molecular formula is C18H24O. The molecule has 0 heterocycles. The Hall–Kier alpha value is -1.37. The molecule has 0 saturated carbocycles. The zero-order valence-corrected chi connectivity index (χ0v) is 12.1. The Morgan fingerprint density at radius 3 is 2.21 bits per heavy atom. The summed E-state index contributed by atoms with van der Waals surface area (Å²) < 4.78 is 0. The smallest absolute Gasteiger partial charge is 0.166 e. The van der Waals surface area contributed by atoms with E-state index in [4.69, 9.17) is 0 Å². The minimum absolute atomic E-state index is 0.253. The Bertz CT molecular complexity index is 462. The van der Waals surface area contributed by atoms with E-state index < -0.39 is 0 Å². The van der Waals surface area contributed by atoms with E-state index in [-0.39, 0.29) is 5.41 Å². The summed E-state index contributed by atoms with van der Waals surface area (Å²) in [6.07, 6.45) is 10.3. The summed E-state index contributed by atoms with van der Waals surface area (Å²) in [5.41, 5.74) is 2.23. The van der Waals surface area contributed by atoms with Crippen LogP contribution in [0.2, 0.25) is 0 Å². The molecule has 1 nitrogen and oxygen atoms in total. The molecule has 0 N–H and O–H groups in total. The molecule has 0 unspecified atom stereocenters. The molecule has 1 heteroatoms. The van der Waals surface area contributed by atoms with Crippen LogP contribution >= 0.6 is 0 Å². The Morgan fingerprint density at radius 2 is 1.58 bits per heavy atom. The Balaban J connectivity index is 2.43. The molecule has 0 saturated heterocycles. The lowest BCUT2D eigenvalue weighted by Gasteiger charge is -2.35. The van der Waals surface area contributed by atoms with Crippen molar-refractivity contribution < 1.29 is 4.79 Å². The van der Waals surface area contributed by atoms with E-state index in [0.717, 1.165) is 38.5 Å². The quantitative estimate of drug-likeness (QED) is 0.707. The van der Waals surface area contributed by atoms with Crippen molar-refractivity contribution in [2.45, 2.75) is 57.8 Å². The third kappa shape index (κ3) is 2.65. The summed E-state index contributed by atoms with van der Waals surface area (Å²) >= 11 is 0. The van der Waals surface area contributed by atoms with Crippen molar-refractivity contribution in [3.63, 3.8) is 0 Å². The van der Waals surface area contributed by atoms with Gasteiger partial charge in [0.05, 0.1) is 5.41 Å². The molecule has 1 aromatic carbocycles. The Morgan fingerprint density at radius 1 is 0.947 bits per heavy atom. The fourth-order valence-electron chi connectivity index (χ4n) is 3.13. The molecular weight excluding hydrogens is 232 g/mol. The molecule has 1 aromatic rings. The molecule has 0 aromatic heterocycles. The fourth-order valence-corrected chi connectivity index (χ4v) is 3.13. The minimum atomic E-state index is -0.253. The van der Waals surface area contributed by atoms with Gasteiger partial charge in [0.2, 0.25) is 0 Å². The number of carbonyl (C=O) groups is 1. The first-order valence-corrected chi connectivity index (χ1v) is 7.56. The topological polar surface area (TPSA) is 17.1 Å². The van der Waals surface area contributed by atoms with Gasteiger partial charge in [-0.15, -0.1) is 0 Å². The van der Waals surface area contributed by atoms with Crippen LogP contribution in [0.1, 0.15) is 63.5 Å². The summed E-state index contributed by atoms with van der Waals surface area (Å²) in [6, 6.07) is 8.41. The number of hydrogen-bond acceptors (Lipinski definition) is 1. The average Bonchev–Trinajstić information content (AvgIpc) is 2.45. The maximum absolute atomic E-state index is 12.6. The van der Waals surface area contributed by atoms with Gasteiger partial charge in [-0.05, 0) is 30.0 Å². The summed E-state index contributed by atoms with van der Waals surface area (Å²) in [5, 5.41) is 0. The van der Waals surface area contributed by atoms with Gasteiger partial charge in [0, 0.05) is 0 Å². The van der Waals surface area contributed by atoms with E-state index in [9.17, 15) is 4.79 Å². The van der Waals surface area contributed by atoms with Crippen LogP contribution in [-0.4, -0.2) is 5.78 Å². The number of hydrogen-bond donors (Lipinski definition) is 0. The van der Waals surface area contributed by atoms with Crippen LogP contribution < -0.4 is 0 Å². The highest BCUT2D eigenvalue weighted by molar-refractivity contribution is 6.05. The van der Waals surface area contributed by atoms with Gasteiger partial charge in [-0.25, -0.2) is 0 Å². The van der Waals surface area contributed by atoms with Crippen molar-refractivity contribution in [3.05, 3.63) is 41.5 Å². The second-order valence-corrected chi connectivity index (χ2v) is 5.57. The molecule has 0 radical (unpaired) electrons. The predicted octanol–water partition coefficient (Wildman–Crippen LogP) is 4.90. The SMILES string of the molecule is CCCCC1(CCCC)C(=O)C=Cc2ccccc21. The lowest BCUT2D eigenvalue weighted by molar-refractivity contribution is -0.120. The van der Waals surface area contributed by atoms with Gasteiger partial charge in [0.1, 0.15) is 0 Å². The van der Waals surface area contributed by atoms with Crippen molar-refractivity contribution in [2.24, 2.45) is 0 Å². The number of allylic oxidation sites excluding steroid dienone is 1. The van der Waals surface area contributed by atoms with Crippen LogP contribution in [0.4, 0.5) is 0 Å². The van der Waals surface area contributed by atoms with Crippen LogP contribution in [-0.2, 0) is 10.2 Å². The molecule has 19 heavy (non-hydrogen) atoms. The van der Waals surface area contributed by atoms with Gasteiger partial charge in [-0.1, -0.05) is 69.9 Å². The first-order valence-electron chi connectivity index (χ1n) is 7.56. The highest BCUT2D eigenvalue weighted by Crippen LogP contribution is 2.41. The van der Waals surface area contributed by atoms with Crippen LogP contribution in [0.3, 0.4) is 0 Å². The molecule has 1 aliphatic rings. The zero-order chi connectivity index (χ0) is 13.7.